The van der Waals surface area contributed by atoms with Crippen LogP contribution in [0.25, 0.3) is 0 Å². The zero-order valence-electron chi connectivity index (χ0n) is 15.2. The Bertz CT molecular complexity index is 910. The lowest BCUT2D eigenvalue weighted by atomic mass is 10.2. The van der Waals surface area contributed by atoms with Gasteiger partial charge in [0.1, 0.15) is 12.2 Å². The SMILES string of the molecule is Cc1ccc(S(=O)(=O)OC2CCCC2OS(=O)(=O)c2ccc(C)cc2)cc1. The molecule has 1 aliphatic carbocycles. The second-order valence-electron chi connectivity index (χ2n) is 6.73. The molecule has 1 fully saturated rings. The van der Waals surface area contributed by atoms with Crippen molar-refractivity contribution >= 4 is 20.2 Å². The van der Waals surface area contributed by atoms with Crippen molar-refractivity contribution in [1.82, 2.24) is 0 Å². The minimum atomic E-state index is -3.99. The molecule has 2 aromatic rings. The van der Waals surface area contributed by atoms with Crippen LogP contribution in [0.4, 0.5) is 0 Å². The quantitative estimate of drug-likeness (QED) is 0.679. The molecule has 0 spiro atoms. The summed E-state index contributed by atoms with van der Waals surface area (Å²) >= 11 is 0. The summed E-state index contributed by atoms with van der Waals surface area (Å²) in [5.41, 5.74) is 1.86. The minimum Gasteiger partial charge on any atom is -0.260 e. The Morgan fingerprint density at radius 1 is 0.667 bits per heavy atom. The maximum Gasteiger partial charge on any atom is 0.297 e. The number of aryl methyl sites for hydroxylation is 2. The Morgan fingerprint density at radius 2 is 1.00 bits per heavy atom. The van der Waals surface area contributed by atoms with Crippen molar-refractivity contribution in [2.75, 3.05) is 0 Å². The van der Waals surface area contributed by atoms with Gasteiger partial charge >= 0.3 is 0 Å². The van der Waals surface area contributed by atoms with Gasteiger partial charge in [0.2, 0.25) is 0 Å². The fourth-order valence-corrected chi connectivity index (χ4v) is 5.21. The molecule has 1 aliphatic rings. The van der Waals surface area contributed by atoms with E-state index in [1.165, 1.54) is 24.3 Å². The molecule has 0 bridgehead atoms. The predicted molar refractivity (Wildman–Crippen MR) is 100 cm³/mol. The normalized spacial score (nSPS) is 20.7. The summed E-state index contributed by atoms with van der Waals surface area (Å²) in [4.78, 5) is 0.0836. The molecule has 2 atom stereocenters. The molecule has 0 N–H and O–H groups in total. The molecular formula is C19H22O6S2. The average molecular weight is 411 g/mol. The maximum absolute atomic E-state index is 12.5. The maximum atomic E-state index is 12.5. The van der Waals surface area contributed by atoms with Gasteiger partial charge in [-0.2, -0.15) is 16.8 Å². The van der Waals surface area contributed by atoms with Gasteiger partial charge in [0.15, 0.2) is 0 Å². The molecule has 1 saturated carbocycles. The van der Waals surface area contributed by atoms with E-state index in [4.69, 9.17) is 8.37 Å². The second-order valence-corrected chi connectivity index (χ2v) is 9.88. The van der Waals surface area contributed by atoms with E-state index in [9.17, 15) is 16.8 Å². The minimum absolute atomic E-state index is 0.0418. The third-order valence-electron chi connectivity index (χ3n) is 4.51. The summed E-state index contributed by atoms with van der Waals surface area (Å²) in [6, 6.07) is 12.6. The van der Waals surface area contributed by atoms with Crippen molar-refractivity contribution in [3.63, 3.8) is 0 Å². The van der Waals surface area contributed by atoms with Gasteiger partial charge in [0, 0.05) is 0 Å². The second kappa shape index (κ2) is 7.71. The zero-order chi connectivity index (χ0) is 19.7. The van der Waals surface area contributed by atoms with Crippen LogP contribution in [0.15, 0.2) is 58.3 Å². The molecule has 3 rings (SSSR count). The van der Waals surface area contributed by atoms with E-state index in [-0.39, 0.29) is 9.79 Å². The molecule has 0 saturated heterocycles. The van der Waals surface area contributed by atoms with E-state index in [0.29, 0.717) is 19.3 Å². The number of hydrogen-bond acceptors (Lipinski definition) is 6. The topological polar surface area (TPSA) is 86.7 Å². The monoisotopic (exact) mass is 410 g/mol. The van der Waals surface area contributed by atoms with Gasteiger partial charge in [-0.15, -0.1) is 0 Å². The Morgan fingerprint density at radius 3 is 1.33 bits per heavy atom. The Hall–Kier alpha value is -1.74. The molecule has 0 amide bonds. The van der Waals surface area contributed by atoms with Crippen LogP contribution in [0, 0.1) is 13.8 Å². The van der Waals surface area contributed by atoms with E-state index in [1.54, 1.807) is 24.3 Å². The van der Waals surface area contributed by atoms with Crippen LogP contribution in [0.2, 0.25) is 0 Å². The standard InChI is InChI=1S/C19H22O6S2/c1-14-6-10-16(11-7-14)26(20,21)24-18-4-3-5-19(18)25-27(22,23)17-12-8-15(2)9-13-17/h6-13,18-19H,3-5H2,1-2H3. The lowest BCUT2D eigenvalue weighted by molar-refractivity contribution is 0.0871. The van der Waals surface area contributed by atoms with Crippen LogP contribution >= 0.6 is 0 Å². The van der Waals surface area contributed by atoms with Gasteiger partial charge in [-0.25, -0.2) is 0 Å². The molecule has 6 nitrogen and oxygen atoms in total. The molecule has 146 valence electrons. The first-order valence-corrected chi connectivity index (χ1v) is 11.5. The molecule has 8 heteroatoms. The molecular weight excluding hydrogens is 388 g/mol. The molecule has 2 unspecified atom stereocenters. The lowest BCUT2D eigenvalue weighted by Crippen LogP contribution is -2.30. The van der Waals surface area contributed by atoms with Crippen LogP contribution in [-0.2, 0) is 28.6 Å². The van der Waals surface area contributed by atoms with Crippen molar-refractivity contribution in [1.29, 1.82) is 0 Å². The molecule has 0 aromatic heterocycles. The third kappa shape index (κ3) is 4.76. The van der Waals surface area contributed by atoms with Gasteiger partial charge in [0.25, 0.3) is 20.2 Å². The Balaban J connectivity index is 1.75. The summed E-state index contributed by atoms with van der Waals surface area (Å²) in [6.45, 7) is 3.71. The highest BCUT2D eigenvalue weighted by atomic mass is 32.2. The van der Waals surface area contributed by atoms with Gasteiger partial charge in [-0.3, -0.25) is 8.37 Å². The first-order valence-electron chi connectivity index (χ1n) is 8.67. The highest BCUT2D eigenvalue weighted by Crippen LogP contribution is 2.31. The van der Waals surface area contributed by atoms with Gasteiger partial charge in [0.05, 0.1) is 9.79 Å². The molecule has 0 heterocycles. The molecule has 2 aromatic carbocycles. The number of benzene rings is 2. The van der Waals surface area contributed by atoms with E-state index in [1.807, 2.05) is 13.8 Å². The smallest absolute Gasteiger partial charge is 0.260 e. The van der Waals surface area contributed by atoms with Crippen LogP contribution in [0.5, 0.6) is 0 Å². The number of hydrogen-bond donors (Lipinski definition) is 0. The summed E-state index contributed by atoms with van der Waals surface area (Å²) in [6.07, 6.45) is -0.214. The van der Waals surface area contributed by atoms with E-state index < -0.39 is 32.4 Å². The number of rotatable bonds is 6. The summed E-state index contributed by atoms with van der Waals surface area (Å²) < 4.78 is 60.6. The average Bonchev–Trinajstić information content (AvgIpc) is 3.01. The van der Waals surface area contributed by atoms with Crippen molar-refractivity contribution < 1.29 is 25.2 Å². The summed E-state index contributed by atoms with van der Waals surface area (Å²) in [7, 11) is -7.99. The lowest BCUT2D eigenvalue weighted by Gasteiger charge is -2.20. The fourth-order valence-electron chi connectivity index (χ4n) is 2.96. The third-order valence-corrected chi connectivity index (χ3v) is 7.21. The predicted octanol–water partition coefficient (Wildman–Crippen LogP) is 3.34. The summed E-state index contributed by atoms with van der Waals surface area (Å²) in [5.74, 6) is 0. The van der Waals surface area contributed by atoms with Crippen molar-refractivity contribution in [2.24, 2.45) is 0 Å². The van der Waals surface area contributed by atoms with Crippen molar-refractivity contribution in [3.05, 3.63) is 59.7 Å². The van der Waals surface area contributed by atoms with Gasteiger partial charge in [-0.1, -0.05) is 35.4 Å². The van der Waals surface area contributed by atoms with Crippen LogP contribution in [0.1, 0.15) is 30.4 Å². The molecule has 0 radical (unpaired) electrons. The Labute approximate surface area is 160 Å². The highest BCUT2D eigenvalue weighted by Gasteiger charge is 2.37. The first kappa shape index (κ1) is 20.0. The largest absolute Gasteiger partial charge is 0.297 e. The zero-order valence-corrected chi connectivity index (χ0v) is 16.8. The van der Waals surface area contributed by atoms with Gasteiger partial charge in [-0.05, 0) is 57.4 Å². The summed E-state index contributed by atoms with van der Waals surface area (Å²) in [5, 5.41) is 0. The molecule has 27 heavy (non-hydrogen) atoms. The molecule has 0 aliphatic heterocycles. The van der Waals surface area contributed by atoms with Crippen LogP contribution < -0.4 is 0 Å². The van der Waals surface area contributed by atoms with Crippen molar-refractivity contribution in [3.8, 4) is 0 Å². The fraction of sp³-hybridized carbons (Fsp3) is 0.368. The van der Waals surface area contributed by atoms with E-state index >= 15 is 0 Å². The highest BCUT2D eigenvalue weighted by molar-refractivity contribution is 7.87. The van der Waals surface area contributed by atoms with E-state index in [0.717, 1.165) is 11.1 Å². The van der Waals surface area contributed by atoms with Gasteiger partial charge < -0.3 is 0 Å². The Kier molecular flexibility index (Phi) is 5.71. The van der Waals surface area contributed by atoms with Crippen molar-refractivity contribution in [2.45, 2.75) is 55.1 Å². The van der Waals surface area contributed by atoms with Crippen LogP contribution in [0.3, 0.4) is 0 Å². The van der Waals surface area contributed by atoms with Crippen LogP contribution in [-0.4, -0.2) is 29.0 Å². The first-order chi connectivity index (χ1) is 12.7. The van der Waals surface area contributed by atoms with E-state index in [2.05, 4.69) is 0 Å².